The van der Waals surface area contributed by atoms with E-state index in [1.165, 1.54) is 51.4 Å². The van der Waals surface area contributed by atoms with Crippen LogP contribution in [0.3, 0.4) is 0 Å². The average Bonchev–Trinajstić information content (AvgIpc) is 3.29. The van der Waals surface area contributed by atoms with Crippen molar-refractivity contribution in [3.8, 4) is 0 Å². The Hall–Kier alpha value is -4.19. The smallest absolute Gasteiger partial charge is 0.306 e. The predicted molar refractivity (Wildman–Crippen MR) is 274 cm³/mol. The van der Waals surface area contributed by atoms with Crippen LogP contribution in [0.2, 0.25) is 0 Å². The molecule has 0 saturated carbocycles. The van der Waals surface area contributed by atoms with Crippen molar-refractivity contribution in [2.45, 2.75) is 213 Å². The lowest BCUT2D eigenvalue weighted by Gasteiger charge is -2.18. The number of unbranched alkanes of at least 4 members (excludes halogenated alkanes) is 18. The highest BCUT2D eigenvalue weighted by atomic mass is 16.6. The highest BCUT2D eigenvalue weighted by Gasteiger charge is 2.19. The molecule has 360 valence electrons. The number of esters is 3. The summed E-state index contributed by atoms with van der Waals surface area (Å²) < 4.78 is 16.7. The molecule has 0 N–H and O–H groups in total. The number of hydrogen-bond acceptors (Lipinski definition) is 6. The van der Waals surface area contributed by atoms with E-state index in [0.717, 1.165) is 103 Å². The minimum Gasteiger partial charge on any atom is -0.462 e. The maximum atomic E-state index is 12.8. The van der Waals surface area contributed by atoms with Crippen LogP contribution >= 0.6 is 0 Å². The van der Waals surface area contributed by atoms with Crippen LogP contribution in [0, 0.1) is 0 Å². The van der Waals surface area contributed by atoms with E-state index in [1.54, 1.807) is 0 Å². The van der Waals surface area contributed by atoms with Crippen LogP contribution in [0.15, 0.2) is 122 Å². The van der Waals surface area contributed by atoms with Crippen LogP contribution in [-0.2, 0) is 28.6 Å². The van der Waals surface area contributed by atoms with Crippen LogP contribution in [0.5, 0.6) is 0 Å². The summed E-state index contributed by atoms with van der Waals surface area (Å²) in [6.45, 7) is 6.33. The van der Waals surface area contributed by atoms with Crippen LogP contribution in [0.25, 0.3) is 0 Å². The summed E-state index contributed by atoms with van der Waals surface area (Å²) in [6, 6.07) is 0. The molecule has 0 aromatic carbocycles. The summed E-state index contributed by atoms with van der Waals surface area (Å²) in [5.74, 6) is -1.02. The molecule has 0 amide bonds. The van der Waals surface area contributed by atoms with E-state index in [-0.39, 0.29) is 37.5 Å². The van der Waals surface area contributed by atoms with Gasteiger partial charge in [0.2, 0.25) is 0 Å². The van der Waals surface area contributed by atoms with E-state index in [0.29, 0.717) is 25.7 Å². The van der Waals surface area contributed by atoms with Crippen LogP contribution < -0.4 is 0 Å². The highest BCUT2D eigenvalue weighted by molar-refractivity contribution is 5.71. The van der Waals surface area contributed by atoms with Crippen LogP contribution in [0.1, 0.15) is 207 Å². The Morgan fingerprint density at radius 3 is 1.22 bits per heavy atom. The summed E-state index contributed by atoms with van der Waals surface area (Å²) in [6.07, 6.45) is 70.4. The van der Waals surface area contributed by atoms with E-state index in [4.69, 9.17) is 14.2 Å². The quantitative estimate of drug-likeness (QED) is 0.0199. The minimum atomic E-state index is -0.821. The first kappa shape index (κ1) is 59.8. The molecule has 0 fully saturated rings. The fourth-order valence-corrected chi connectivity index (χ4v) is 6.48. The number of carbonyl (C=O) groups is 3. The molecule has 1 atom stereocenters. The van der Waals surface area contributed by atoms with Gasteiger partial charge in [-0.2, -0.15) is 0 Å². The summed E-state index contributed by atoms with van der Waals surface area (Å²) in [5, 5.41) is 0. The fourth-order valence-electron chi connectivity index (χ4n) is 6.48. The largest absolute Gasteiger partial charge is 0.462 e. The molecule has 0 aliphatic rings. The summed E-state index contributed by atoms with van der Waals surface area (Å²) in [5.41, 5.74) is 0. The van der Waals surface area contributed by atoms with Crippen LogP contribution in [0.4, 0.5) is 0 Å². The average molecular weight is 885 g/mol. The van der Waals surface area contributed by atoms with Crippen molar-refractivity contribution < 1.29 is 28.6 Å². The van der Waals surface area contributed by atoms with Gasteiger partial charge in [0.05, 0.1) is 0 Å². The normalized spacial score (nSPS) is 13.1. The van der Waals surface area contributed by atoms with E-state index in [1.807, 2.05) is 36.5 Å². The zero-order valence-corrected chi connectivity index (χ0v) is 41.0. The van der Waals surface area contributed by atoms with E-state index in [9.17, 15) is 14.4 Å². The number of allylic oxidation sites excluding steroid dienone is 20. The van der Waals surface area contributed by atoms with Gasteiger partial charge in [0.25, 0.3) is 0 Å². The summed E-state index contributed by atoms with van der Waals surface area (Å²) >= 11 is 0. The third kappa shape index (κ3) is 48.8. The number of carbonyl (C=O) groups excluding carboxylic acids is 3. The first-order chi connectivity index (χ1) is 31.5. The van der Waals surface area contributed by atoms with Gasteiger partial charge in [0, 0.05) is 19.3 Å². The lowest BCUT2D eigenvalue weighted by atomic mass is 10.1. The van der Waals surface area contributed by atoms with E-state index >= 15 is 0 Å². The summed E-state index contributed by atoms with van der Waals surface area (Å²) in [4.78, 5) is 37.9. The second-order valence-corrected chi connectivity index (χ2v) is 16.5. The van der Waals surface area contributed by atoms with Gasteiger partial charge in [-0.3, -0.25) is 14.4 Å². The van der Waals surface area contributed by atoms with Gasteiger partial charge >= 0.3 is 17.9 Å². The Balaban J connectivity index is 4.55. The molecule has 64 heavy (non-hydrogen) atoms. The number of hydrogen-bond donors (Lipinski definition) is 0. The van der Waals surface area contributed by atoms with Crippen molar-refractivity contribution in [3.63, 3.8) is 0 Å². The Bertz CT molecular complexity index is 1390. The second kappa shape index (κ2) is 51.4. The Morgan fingerprint density at radius 1 is 0.344 bits per heavy atom. The molecular formula is C58H92O6. The first-order valence-corrected chi connectivity index (χ1v) is 25.6. The monoisotopic (exact) mass is 885 g/mol. The SMILES string of the molecule is CC/C=C\C/C=C\C/C=C\CCCCC(=O)OCC(COC(=O)CCCCCCC\C=C/C=C\C=C/C=C\C=C/CCC)OC(=O)CCCCC/C=C\C=C/CCCCCCCCC. The lowest BCUT2D eigenvalue weighted by Crippen LogP contribution is -2.30. The van der Waals surface area contributed by atoms with Gasteiger partial charge in [0.15, 0.2) is 6.10 Å². The lowest BCUT2D eigenvalue weighted by molar-refractivity contribution is -0.167. The van der Waals surface area contributed by atoms with Gasteiger partial charge in [0.1, 0.15) is 13.2 Å². The van der Waals surface area contributed by atoms with Crippen molar-refractivity contribution in [1.82, 2.24) is 0 Å². The van der Waals surface area contributed by atoms with Gasteiger partial charge in [-0.25, -0.2) is 0 Å². The van der Waals surface area contributed by atoms with Crippen molar-refractivity contribution in [3.05, 3.63) is 122 Å². The molecule has 0 aromatic heterocycles. The predicted octanol–water partition coefficient (Wildman–Crippen LogP) is 16.9. The topological polar surface area (TPSA) is 78.9 Å². The second-order valence-electron chi connectivity index (χ2n) is 16.5. The fraction of sp³-hybridized carbons (Fsp3) is 0.603. The molecule has 0 aliphatic carbocycles. The zero-order valence-electron chi connectivity index (χ0n) is 41.0. The summed E-state index contributed by atoms with van der Waals surface area (Å²) in [7, 11) is 0. The third-order valence-corrected chi connectivity index (χ3v) is 10.3. The molecule has 0 bridgehead atoms. The molecule has 0 spiro atoms. The molecule has 6 nitrogen and oxygen atoms in total. The van der Waals surface area contributed by atoms with Crippen molar-refractivity contribution in [2.75, 3.05) is 13.2 Å². The Morgan fingerprint density at radius 2 is 0.703 bits per heavy atom. The van der Waals surface area contributed by atoms with Crippen molar-refractivity contribution >= 4 is 17.9 Å². The maximum absolute atomic E-state index is 12.8. The van der Waals surface area contributed by atoms with E-state index in [2.05, 4.69) is 106 Å². The van der Waals surface area contributed by atoms with Crippen LogP contribution in [-0.4, -0.2) is 37.2 Å². The molecule has 0 radical (unpaired) electrons. The minimum absolute atomic E-state index is 0.118. The molecule has 0 heterocycles. The van der Waals surface area contributed by atoms with Crippen molar-refractivity contribution in [1.29, 1.82) is 0 Å². The number of rotatable bonds is 44. The Kier molecular flexibility index (Phi) is 48.1. The Labute approximate surface area is 392 Å². The molecule has 0 rings (SSSR count). The van der Waals surface area contributed by atoms with E-state index < -0.39 is 6.10 Å². The van der Waals surface area contributed by atoms with Gasteiger partial charge in [-0.05, 0) is 96.3 Å². The van der Waals surface area contributed by atoms with Gasteiger partial charge in [-0.15, -0.1) is 0 Å². The number of ether oxygens (including phenoxy) is 3. The molecule has 6 heteroatoms. The zero-order chi connectivity index (χ0) is 46.5. The first-order valence-electron chi connectivity index (χ1n) is 25.6. The van der Waals surface area contributed by atoms with Crippen molar-refractivity contribution in [2.24, 2.45) is 0 Å². The molecule has 0 saturated heterocycles. The standard InChI is InChI=1S/C58H92O6/c1-4-7-10-13-16-19-22-25-27-29-30-32-33-36-39-42-45-48-51-57(60)63-54-55(53-62-56(59)50-47-44-41-38-35-24-21-18-15-12-9-6-3)64-58(61)52-49-46-43-40-37-34-31-28-26-23-20-17-14-11-8-5-2/h9-10,12-13,16,18-19,21-22,25,27-32,34-35,37-38,55H,4-8,11,14-15,17,20,23-24,26,33,36,39-54H2,1-3H3/b12-9-,13-10-,19-16-,21-18-,25-22-,29-27-,31-28-,32-30-,37-34-,38-35-. The maximum Gasteiger partial charge on any atom is 0.306 e. The third-order valence-electron chi connectivity index (χ3n) is 10.3. The van der Waals surface area contributed by atoms with Gasteiger partial charge in [-0.1, -0.05) is 213 Å². The molecular weight excluding hydrogens is 793 g/mol. The molecule has 0 aromatic rings. The van der Waals surface area contributed by atoms with Gasteiger partial charge < -0.3 is 14.2 Å². The molecule has 0 aliphatic heterocycles. The highest BCUT2D eigenvalue weighted by Crippen LogP contribution is 2.12. The molecule has 1 unspecified atom stereocenters.